The van der Waals surface area contributed by atoms with Gasteiger partial charge in [0.1, 0.15) is 0 Å². The summed E-state index contributed by atoms with van der Waals surface area (Å²) in [5.41, 5.74) is 1.42. The molecular weight excluding hydrogens is 338 g/mol. The van der Waals surface area contributed by atoms with Gasteiger partial charge in [0.2, 0.25) is 5.91 Å². The summed E-state index contributed by atoms with van der Waals surface area (Å²) in [6.07, 6.45) is 5.41. The maximum Gasteiger partial charge on any atom is 0.266 e. The maximum atomic E-state index is 12.2. The molecule has 6 heteroatoms. The van der Waals surface area contributed by atoms with Crippen LogP contribution in [0.5, 0.6) is 0 Å². The average Bonchev–Trinajstić information content (AvgIpc) is 2.64. The van der Waals surface area contributed by atoms with Gasteiger partial charge in [0.15, 0.2) is 0 Å². The van der Waals surface area contributed by atoms with E-state index in [1.165, 1.54) is 17.2 Å². The number of nitrogens with zero attached hydrogens (tertiary/aromatic N) is 2. The van der Waals surface area contributed by atoms with E-state index in [9.17, 15) is 9.59 Å². The first-order valence-electron chi connectivity index (χ1n) is 8.75. The highest BCUT2D eigenvalue weighted by Crippen LogP contribution is 2.23. The van der Waals surface area contributed by atoms with E-state index in [2.05, 4.69) is 10.4 Å². The summed E-state index contributed by atoms with van der Waals surface area (Å²) in [7, 11) is 0. The van der Waals surface area contributed by atoms with Crippen LogP contribution in [0, 0.1) is 5.92 Å². The van der Waals surface area contributed by atoms with Gasteiger partial charge in [-0.2, -0.15) is 5.10 Å². The number of halogens is 1. The van der Waals surface area contributed by atoms with Crippen LogP contribution in [0.3, 0.4) is 0 Å². The number of rotatable bonds is 5. The van der Waals surface area contributed by atoms with Gasteiger partial charge in [-0.3, -0.25) is 9.59 Å². The van der Waals surface area contributed by atoms with Gasteiger partial charge < -0.3 is 5.32 Å². The Balaban J connectivity index is 1.62. The third-order valence-electron chi connectivity index (χ3n) is 4.61. The van der Waals surface area contributed by atoms with Crippen LogP contribution in [0.25, 0.3) is 11.3 Å². The van der Waals surface area contributed by atoms with Gasteiger partial charge in [0, 0.05) is 29.1 Å². The lowest BCUT2D eigenvalue weighted by atomic mass is 9.89. The van der Waals surface area contributed by atoms with Crippen molar-refractivity contribution in [2.24, 2.45) is 5.92 Å². The molecule has 1 amide bonds. The van der Waals surface area contributed by atoms with Crippen LogP contribution in [0.4, 0.5) is 0 Å². The van der Waals surface area contributed by atoms with E-state index in [-0.39, 0.29) is 17.4 Å². The molecular formula is C19H22ClN3O2. The smallest absolute Gasteiger partial charge is 0.266 e. The van der Waals surface area contributed by atoms with Crippen molar-refractivity contribution in [2.45, 2.75) is 38.6 Å². The topological polar surface area (TPSA) is 64.0 Å². The minimum absolute atomic E-state index is 0.0987. The second-order valence-electron chi connectivity index (χ2n) is 6.41. The van der Waals surface area contributed by atoms with Crippen molar-refractivity contribution >= 4 is 17.5 Å². The summed E-state index contributed by atoms with van der Waals surface area (Å²) in [5, 5.41) is 7.99. The molecule has 1 fully saturated rings. The fourth-order valence-electron chi connectivity index (χ4n) is 3.18. The molecule has 3 rings (SSSR count). The molecule has 0 unspecified atom stereocenters. The van der Waals surface area contributed by atoms with E-state index in [4.69, 9.17) is 11.6 Å². The molecule has 1 heterocycles. The molecule has 1 aliphatic rings. The Bertz CT molecular complexity index is 780. The molecule has 0 saturated heterocycles. The number of hydrogen-bond acceptors (Lipinski definition) is 3. The first-order chi connectivity index (χ1) is 12.1. The predicted octanol–water partition coefficient (Wildman–Crippen LogP) is 3.26. The Hall–Kier alpha value is -2.14. The van der Waals surface area contributed by atoms with Crippen molar-refractivity contribution in [1.29, 1.82) is 0 Å². The van der Waals surface area contributed by atoms with E-state index < -0.39 is 0 Å². The quantitative estimate of drug-likeness (QED) is 0.891. The Kier molecular flexibility index (Phi) is 5.87. The van der Waals surface area contributed by atoms with Gasteiger partial charge in [-0.1, -0.05) is 43.0 Å². The summed E-state index contributed by atoms with van der Waals surface area (Å²) in [5.74, 6) is 0.223. The largest absolute Gasteiger partial charge is 0.354 e. The van der Waals surface area contributed by atoms with E-state index >= 15 is 0 Å². The number of carbonyl (C=O) groups excluding carboxylic acids is 1. The van der Waals surface area contributed by atoms with E-state index in [1.807, 2.05) is 12.1 Å². The zero-order chi connectivity index (χ0) is 17.6. The SMILES string of the molecule is O=C(NCCn1nc(-c2ccc(Cl)cc2)ccc1=O)C1CCCCC1. The minimum atomic E-state index is -0.176. The molecule has 1 aromatic carbocycles. The highest BCUT2D eigenvalue weighted by Gasteiger charge is 2.20. The van der Waals surface area contributed by atoms with Crippen LogP contribution < -0.4 is 10.9 Å². The van der Waals surface area contributed by atoms with Gasteiger partial charge in [0.05, 0.1) is 12.2 Å². The molecule has 1 aliphatic carbocycles. The molecule has 2 aromatic rings. The molecule has 1 saturated carbocycles. The fraction of sp³-hybridized carbons (Fsp3) is 0.421. The molecule has 0 spiro atoms. The highest BCUT2D eigenvalue weighted by atomic mass is 35.5. The molecule has 0 aliphatic heterocycles. The predicted molar refractivity (Wildman–Crippen MR) is 98.5 cm³/mol. The molecule has 0 bridgehead atoms. The van der Waals surface area contributed by atoms with E-state index in [1.54, 1.807) is 18.2 Å². The number of benzene rings is 1. The maximum absolute atomic E-state index is 12.2. The number of hydrogen-bond donors (Lipinski definition) is 1. The Morgan fingerprint density at radius 3 is 2.56 bits per heavy atom. The summed E-state index contributed by atoms with van der Waals surface area (Å²) < 4.78 is 1.39. The van der Waals surface area contributed by atoms with Gasteiger partial charge >= 0.3 is 0 Å². The van der Waals surface area contributed by atoms with Crippen LogP contribution in [0.2, 0.25) is 5.02 Å². The van der Waals surface area contributed by atoms with Crippen LogP contribution in [-0.2, 0) is 11.3 Å². The van der Waals surface area contributed by atoms with Crippen molar-refractivity contribution in [1.82, 2.24) is 15.1 Å². The zero-order valence-corrected chi connectivity index (χ0v) is 14.8. The average molecular weight is 360 g/mol. The van der Waals surface area contributed by atoms with Crippen molar-refractivity contribution in [3.63, 3.8) is 0 Å². The molecule has 5 nitrogen and oxygen atoms in total. The lowest BCUT2D eigenvalue weighted by Gasteiger charge is -2.20. The normalized spacial score (nSPS) is 15.1. The van der Waals surface area contributed by atoms with Gasteiger partial charge in [-0.25, -0.2) is 4.68 Å². The Morgan fingerprint density at radius 1 is 1.12 bits per heavy atom. The second-order valence-corrected chi connectivity index (χ2v) is 6.85. The zero-order valence-electron chi connectivity index (χ0n) is 14.1. The third-order valence-corrected chi connectivity index (χ3v) is 4.86. The lowest BCUT2D eigenvalue weighted by molar-refractivity contribution is -0.125. The second kappa shape index (κ2) is 8.30. The summed E-state index contributed by atoms with van der Waals surface area (Å²) >= 11 is 5.90. The van der Waals surface area contributed by atoms with Crippen LogP contribution in [-0.4, -0.2) is 22.2 Å². The van der Waals surface area contributed by atoms with Crippen LogP contribution >= 0.6 is 11.6 Å². The third kappa shape index (κ3) is 4.69. The van der Waals surface area contributed by atoms with Crippen LogP contribution in [0.1, 0.15) is 32.1 Å². The Labute approximate surface area is 152 Å². The number of amides is 1. The number of aromatic nitrogens is 2. The summed E-state index contributed by atoms with van der Waals surface area (Å²) in [6.45, 7) is 0.769. The van der Waals surface area contributed by atoms with Crippen molar-refractivity contribution in [3.05, 3.63) is 51.8 Å². The molecule has 25 heavy (non-hydrogen) atoms. The van der Waals surface area contributed by atoms with Gasteiger partial charge in [-0.05, 0) is 31.0 Å². The summed E-state index contributed by atoms with van der Waals surface area (Å²) in [4.78, 5) is 24.2. The number of nitrogens with one attached hydrogen (secondary N) is 1. The Morgan fingerprint density at radius 2 is 1.84 bits per heavy atom. The van der Waals surface area contributed by atoms with Gasteiger partial charge in [0.25, 0.3) is 5.56 Å². The van der Waals surface area contributed by atoms with E-state index in [0.29, 0.717) is 23.8 Å². The van der Waals surface area contributed by atoms with Crippen molar-refractivity contribution < 1.29 is 4.79 Å². The van der Waals surface area contributed by atoms with E-state index in [0.717, 1.165) is 31.2 Å². The molecule has 0 radical (unpaired) electrons. The van der Waals surface area contributed by atoms with Crippen molar-refractivity contribution in [3.8, 4) is 11.3 Å². The van der Waals surface area contributed by atoms with Crippen LogP contribution in [0.15, 0.2) is 41.2 Å². The minimum Gasteiger partial charge on any atom is -0.354 e. The molecule has 1 aromatic heterocycles. The standard InChI is InChI=1S/C19H22ClN3O2/c20-16-8-6-14(7-9-16)17-10-11-18(24)23(22-17)13-12-21-19(25)15-4-2-1-3-5-15/h6-11,15H,1-5,12-13H2,(H,21,25). The monoisotopic (exact) mass is 359 g/mol. The molecule has 1 N–H and O–H groups in total. The lowest BCUT2D eigenvalue weighted by Crippen LogP contribution is -2.36. The first-order valence-corrected chi connectivity index (χ1v) is 9.13. The first kappa shape index (κ1) is 17.7. The number of carbonyl (C=O) groups is 1. The van der Waals surface area contributed by atoms with Crippen molar-refractivity contribution in [2.75, 3.05) is 6.54 Å². The molecule has 0 atom stereocenters. The molecule has 132 valence electrons. The van der Waals surface area contributed by atoms with Gasteiger partial charge in [-0.15, -0.1) is 0 Å². The fourth-order valence-corrected chi connectivity index (χ4v) is 3.30. The summed E-state index contributed by atoms with van der Waals surface area (Å²) in [6, 6.07) is 10.5. The highest BCUT2D eigenvalue weighted by molar-refractivity contribution is 6.30.